The van der Waals surface area contributed by atoms with Crippen molar-refractivity contribution in [2.45, 2.75) is 18.6 Å². The molecule has 0 atom stereocenters. The van der Waals surface area contributed by atoms with Crippen LogP contribution in [0, 0.1) is 6.92 Å². The number of anilines is 2. The van der Waals surface area contributed by atoms with Gasteiger partial charge in [-0.2, -0.15) is 5.10 Å². The Balaban J connectivity index is 2.12. The summed E-state index contributed by atoms with van der Waals surface area (Å²) in [5.41, 5.74) is 4.67. The Labute approximate surface area is 116 Å². The maximum atomic E-state index is 5.39. The molecule has 0 bridgehead atoms. The van der Waals surface area contributed by atoms with Crippen molar-refractivity contribution in [3.63, 3.8) is 0 Å². The first-order chi connectivity index (χ1) is 9.12. The molecule has 0 aromatic carbocycles. The molecule has 102 valence electrons. The minimum Gasteiger partial charge on any atom is -0.366 e. The summed E-state index contributed by atoms with van der Waals surface area (Å²) in [5, 5.41) is 8.22. The highest BCUT2D eigenvalue weighted by Gasteiger charge is 2.06. The van der Waals surface area contributed by atoms with E-state index in [1.54, 1.807) is 10.7 Å². The summed E-state index contributed by atoms with van der Waals surface area (Å²) in [7, 11) is 1.91. The summed E-state index contributed by atoms with van der Waals surface area (Å²) >= 11 is 1.47. The van der Waals surface area contributed by atoms with Gasteiger partial charge in [-0.25, -0.2) is 15.8 Å². The summed E-state index contributed by atoms with van der Waals surface area (Å²) < 4.78 is 1.80. The molecule has 0 aliphatic carbocycles. The molecule has 8 heteroatoms. The number of hydrogen-bond acceptors (Lipinski definition) is 7. The van der Waals surface area contributed by atoms with Gasteiger partial charge in [0.15, 0.2) is 5.16 Å². The van der Waals surface area contributed by atoms with Crippen LogP contribution in [0.2, 0.25) is 0 Å². The van der Waals surface area contributed by atoms with E-state index in [-0.39, 0.29) is 0 Å². The van der Waals surface area contributed by atoms with E-state index in [4.69, 9.17) is 5.84 Å². The zero-order valence-corrected chi connectivity index (χ0v) is 12.0. The molecular formula is C11H17N7S. The molecule has 2 rings (SSSR count). The zero-order valence-electron chi connectivity index (χ0n) is 11.1. The predicted molar refractivity (Wildman–Crippen MR) is 76.9 cm³/mol. The summed E-state index contributed by atoms with van der Waals surface area (Å²) in [6.07, 6.45) is 3.91. The second-order valence-electron chi connectivity index (χ2n) is 4.04. The minimum atomic E-state index is 0.588. The van der Waals surface area contributed by atoms with Gasteiger partial charge in [-0.05, 0) is 13.2 Å². The highest BCUT2D eigenvalue weighted by Crippen LogP contribution is 2.17. The summed E-state index contributed by atoms with van der Waals surface area (Å²) in [5.74, 6) is 6.71. The average molecular weight is 279 g/mol. The van der Waals surface area contributed by atoms with Crippen LogP contribution in [0.4, 0.5) is 11.6 Å². The lowest BCUT2D eigenvalue weighted by Gasteiger charge is -2.08. The Morgan fingerprint density at radius 1 is 1.37 bits per heavy atom. The number of nitrogens with one attached hydrogen (secondary N) is 2. The summed E-state index contributed by atoms with van der Waals surface area (Å²) in [4.78, 5) is 8.58. The first-order valence-corrected chi connectivity index (χ1v) is 6.97. The Morgan fingerprint density at radius 2 is 2.11 bits per heavy atom. The number of hydrazine groups is 1. The van der Waals surface area contributed by atoms with Crippen LogP contribution in [0.3, 0.4) is 0 Å². The van der Waals surface area contributed by atoms with Crippen LogP contribution in [-0.2, 0) is 13.6 Å². The smallest absolute Gasteiger partial charge is 0.191 e. The topological polar surface area (TPSA) is 93.7 Å². The predicted octanol–water partition coefficient (Wildman–Crippen LogP) is 1.14. The fourth-order valence-electron chi connectivity index (χ4n) is 1.69. The fourth-order valence-corrected chi connectivity index (χ4v) is 2.07. The average Bonchev–Trinajstić information content (AvgIpc) is 2.74. The SMILES string of the molecule is CSc1nc(NN)cc(NCc2cn(C)nc2C)n1. The van der Waals surface area contributed by atoms with Gasteiger partial charge in [0.25, 0.3) is 0 Å². The highest BCUT2D eigenvalue weighted by atomic mass is 32.2. The molecule has 0 unspecified atom stereocenters. The molecule has 0 spiro atoms. The molecule has 2 aromatic rings. The third-order valence-corrected chi connectivity index (χ3v) is 3.16. The minimum absolute atomic E-state index is 0.588. The maximum Gasteiger partial charge on any atom is 0.191 e. The van der Waals surface area contributed by atoms with E-state index >= 15 is 0 Å². The van der Waals surface area contributed by atoms with Crippen LogP contribution in [0.15, 0.2) is 17.4 Å². The molecule has 0 saturated heterocycles. The van der Waals surface area contributed by atoms with Crippen molar-refractivity contribution in [2.24, 2.45) is 12.9 Å². The molecule has 0 radical (unpaired) electrons. The third kappa shape index (κ3) is 3.36. The molecule has 0 aliphatic heterocycles. The molecule has 4 N–H and O–H groups in total. The van der Waals surface area contributed by atoms with E-state index in [1.807, 2.05) is 26.4 Å². The van der Waals surface area contributed by atoms with Gasteiger partial charge in [-0.3, -0.25) is 4.68 Å². The molecule has 0 fully saturated rings. The van der Waals surface area contributed by atoms with Crippen molar-refractivity contribution in [1.82, 2.24) is 19.7 Å². The van der Waals surface area contributed by atoms with Gasteiger partial charge in [0.05, 0.1) is 5.69 Å². The zero-order chi connectivity index (χ0) is 13.8. The number of nitrogens with two attached hydrogens (primary N) is 1. The lowest BCUT2D eigenvalue weighted by atomic mass is 10.2. The number of rotatable bonds is 5. The molecular weight excluding hydrogens is 262 g/mol. The first kappa shape index (κ1) is 13.6. The second kappa shape index (κ2) is 5.89. The fraction of sp³-hybridized carbons (Fsp3) is 0.364. The number of aromatic nitrogens is 4. The molecule has 7 nitrogen and oxygen atoms in total. The Kier molecular flexibility index (Phi) is 4.23. The summed E-state index contributed by atoms with van der Waals surface area (Å²) in [6.45, 7) is 2.64. The quantitative estimate of drug-likeness (QED) is 0.327. The van der Waals surface area contributed by atoms with Crippen molar-refractivity contribution in [1.29, 1.82) is 0 Å². The molecule has 2 aromatic heterocycles. The van der Waals surface area contributed by atoms with Gasteiger partial charge >= 0.3 is 0 Å². The number of thioether (sulfide) groups is 1. The molecule has 0 amide bonds. The van der Waals surface area contributed by atoms with Gasteiger partial charge in [0, 0.05) is 31.4 Å². The van der Waals surface area contributed by atoms with Gasteiger partial charge in [0.1, 0.15) is 11.6 Å². The van der Waals surface area contributed by atoms with Crippen LogP contribution < -0.4 is 16.6 Å². The van der Waals surface area contributed by atoms with E-state index in [9.17, 15) is 0 Å². The lowest BCUT2D eigenvalue weighted by molar-refractivity contribution is 0.756. The van der Waals surface area contributed by atoms with Crippen LogP contribution in [0.5, 0.6) is 0 Å². The van der Waals surface area contributed by atoms with Crippen molar-refractivity contribution in [2.75, 3.05) is 17.0 Å². The van der Waals surface area contributed by atoms with E-state index in [1.165, 1.54) is 11.8 Å². The number of aryl methyl sites for hydroxylation is 2. The highest BCUT2D eigenvalue weighted by molar-refractivity contribution is 7.98. The largest absolute Gasteiger partial charge is 0.366 e. The van der Waals surface area contributed by atoms with E-state index in [2.05, 4.69) is 25.8 Å². The Morgan fingerprint density at radius 3 is 2.68 bits per heavy atom. The van der Waals surface area contributed by atoms with Crippen molar-refractivity contribution < 1.29 is 0 Å². The Hall–Kier alpha value is -1.80. The molecule has 0 saturated carbocycles. The van der Waals surface area contributed by atoms with Crippen LogP contribution in [-0.4, -0.2) is 26.0 Å². The summed E-state index contributed by atoms with van der Waals surface area (Å²) in [6, 6.07) is 1.77. The van der Waals surface area contributed by atoms with Crippen LogP contribution >= 0.6 is 11.8 Å². The van der Waals surface area contributed by atoms with Crippen molar-refractivity contribution >= 4 is 23.4 Å². The number of hydrogen-bond donors (Lipinski definition) is 3. The molecule has 2 heterocycles. The monoisotopic (exact) mass is 279 g/mol. The van der Waals surface area contributed by atoms with Gasteiger partial charge in [-0.1, -0.05) is 11.8 Å². The number of nitrogen functional groups attached to an aromatic ring is 1. The first-order valence-electron chi connectivity index (χ1n) is 5.75. The molecule has 0 aliphatic rings. The Bertz CT molecular complexity index is 544. The van der Waals surface area contributed by atoms with Gasteiger partial charge in [-0.15, -0.1) is 0 Å². The van der Waals surface area contributed by atoms with Crippen molar-refractivity contribution in [3.05, 3.63) is 23.5 Å². The van der Waals surface area contributed by atoms with E-state index in [0.717, 1.165) is 17.1 Å². The molecule has 19 heavy (non-hydrogen) atoms. The van der Waals surface area contributed by atoms with E-state index in [0.29, 0.717) is 17.5 Å². The number of nitrogens with zero attached hydrogens (tertiary/aromatic N) is 4. The van der Waals surface area contributed by atoms with Crippen LogP contribution in [0.25, 0.3) is 0 Å². The maximum absolute atomic E-state index is 5.39. The van der Waals surface area contributed by atoms with E-state index < -0.39 is 0 Å². The second-order valence-corrected chi connectivity index (χ2v) is 4.81. The normalized spacial score (nSPS) is 10.5. The van der Waals surface area contributed by atoms with Gasteiger partial charge in [0.2, 0.25) is 0 Å². The third-order valence-electron chi connectivity index (χ3n) is 2.61. The lowest BCUT2D eigenvalue weighted by Crippen LogP contribution is -2.11. The van der Waals surface area contributed by atoms with Gasteiger partial charge < -0.3 is 10.7 Å². The standard InChI is InChI=1S/C11H17N7S/c1-7-8(6-18(2)17-7)5-13-9-4-10(16-12)15-11(14-9)19-3/h4,6H,5,12H2,1-3H3,(H2,13,14,15,16). The van der Waals surface area contributed by atoms with Crippen LogP contribution in [0.1, 0.15) is 11.3 Å². The van der Waals surface area contributed by atoms with Crippen molar-refractivity contribution in [3.8, 4) is 0 Å².